The van der Waals surface area contributed by atoms with E-state index >= 15 is 0 Å². The molecule has 1 saturated heterocycles. The smallest absolute Gasteiger partial charge is 0.0499 e. The Labute approximate surface area is 80.1 Å². The topological polar surface area (TPSA) is 3.24 Å². The SMILES string of the molecule is CN1CC[C@@]2(Cl)CCCCC2C1. The molecule has 0 radical (unpaired) electrons. The van der Waals surface area contributed by atoms with Gasteiger partial charge in [0.2, 0.25) is 0 Å². The Morgan fingerprint density at radius 3 is 3.00 bits per heavy atom. The largest absolute Gasteiger partial charge is 0.306 e. The van der Waals surface area contributed by atoms with Gasteiger partial charge in [-0.1, -0.05) is 12.8 Å². The monoisotopic (exact) mass is 187 g/mol. The summed E-state index contributed by atoms with van der Waals surface area (Å²) in [7, 11) is 2.21. The molecule has 2 heteroatoms. The van der Waals surface area contributed by atoms with Crippen molar-refractivity contribution in [3.63, 3.8) is 0 Å². The van der Waals surface area contributed by atoms with Gasteiger partial charge in [-0.2, -0.15) is 0 Å². The van der Waals surface area contributed by atoms with Crippen molar-refractivity contribution in [3.8, 4) is 0 Å². The molecule has 1 saturated carbocycles. The van der Waals surface area contributed by atoms with E-state index in [0.717, 1.165) is 5.92 Å². The summed E-state index contributed by atoms with van der Waals surface area (Å²) < 4.78 is 0. The summed E-state index contributed by atoms with van der Waals surface area (Å²) in [4.78, 5) is 2.61. The molecule has 1 aliphatic heterocycles. The van der Waals surface area contributed by atoms with E-state index in [1.54, 1.807) is 0 Å². The van der Waals surface area contributed by atoms with E-state index in [4.69, 9.17) is 11.6 Å². The molecule has 2 aliphatic rings. The minimum absolute atomic E-state index is 0.185. The van der Waals surface area contributed by atoms with Crippen LogP contribution >= 0.6 is 11.6 Å². The molecule has 70 valence electrons. The maximum absolute atomic E-state index is 6.62. The van der Waals surface area contributed by atoms with Crippen LogP contribution in [-0.2, 0) is 0 Å². The minimum atomic E-state index is 0.185. The highest BCUT2D eigenvalue weighted by Crippen LogP contribution is 2.44. The number of hydrogen-bond donors (Lipinski definition) is 0. The second-order valence-corrected chi connectivity index (χ2v) is 5.24. The van der Waals surface area contributed by atoms with Crippen LogP contribution in [0.25, 0.3) is 0 Å². The Bertz CT molecular complexity index is 171. The van der Waals surface area contributed by atoms with Crippen LogP contribution in [0.2, 0.25) is 0 Å². The van der Waals surface area contributed by atoms with Crippen molar-refractivity contribution in [3.05, 3.63) is 0 Å². The van der Waals surface area contributed by atoms with Gasteiger partial charge in [-0.3, -0.25) is 0 Å². The highest BCUT2D eigenvalue weighted by molar-refractivity contribution is 6.24. The zero-order valence-electron chi connectivity index (χ0n) is 7.85. The summed E-state index contributed by atoms with van der Waals surface area (Å²) in [5.41, 5.74) is 0. The molecule has 0 aromatic heterocycles. The second kappa shape index (κ2) is 3.19. The molecule has 1 aliphatic carbocycles. The molecule has 0 amide bonds. The van der Waals surface area contributed by atoms with E-state index in [1.807, 2.05) is 0 Å². The maximum atomic E-state index is 6.62. The first-order valence-corrected chi connectivity index (χ1v) is 5.46. The molecule has 1 unspecified atom stereocenters. The van der Waals surface area contributed by atoms with Gasteiger partial charge in [0.05, 0.1) is 0 Å². The molecular formula is C10H18ClN. The van der Waals surface area contributed by atoms with Gasteiger partial charge < -0.3 is 4.90 Å². The fourth-order valence-corrected chi connectivity index (χ4v) is 3.10. The van der Waals surface area contributed by atoms with Gasteiger partial charge in [0, 0.05) is 11.4 Å². The van der Waals surface area contributed by atoms with E-state index in [-0.39, 0.29) is 4.87 Å². The Hall–Kier alpha value is 0.250. The lowest BCUT2D eigenvalue weighted by molar-refractivity contribution is 0.124. The van der Waals surface area contributed by atoms with Crippen molar-refractivity contribution >= 4 is 11.6 Å². The Kier molecular flexibility index (Phi) is 2.35. The molecule has 1 heterocycles. The lowest BCUT2D eigenvalue weighted by atomic mass is 9.74. The van der Waals surface area contributed by atoms with Gasteiger partial charge in [-0.05, 0) is 38.8 Å². The fourth-order valence-electron chi connectivity index (χ4n) is 2.70. The van der Waals surface area contributed by atoms with E-state index in [2.05, 4.69) is 11.9 Å². The molecule has 0 aromatic carbocycles. The van der Waals surface area contributed by atoms with E-state index < -0.39 is 0 Å². The average Bonchev–Trinajstić information content (AvgIpc) is 2.06. The summed E-state index contributed by atoms with van der Waals surface area (Å²) in [5, 5.41) is 0. The molecule has 0 aromatic rings. The van der Waals surface area contributed by atoms with Crippen LogP contribution < -0.4 is 0 Å². The van der Waals surface area contributed by atoms with Crippen molar-refractivity contribution in [1.29, 1.82) is 0 Å². The number of piperidine rings is 1. The molecular weight excluding hydrogens is 170 g/mol. The molecule has 2 rings (SSSR count). The summed E-state index contributed by atoms with van der Waals surface area (Å²) in [6, 6.07) is 0. The number of alkyl halides is 1. The van der Waals surface area contributed by atoms with Crippen LogP contribution in [0, 0.1) is 5.92 Å². The molecule has 0 N–H and O–H groups in total. The van der Waals surface area contributed by atoms with Gasteiger partial charge >= 0.3 is 0 Å². The van der Waals surface area contributed by atoms with Crippen LogP contribution in [0.15, 0.2) is 0 Å². The Morgan fingerprint density at radius 1 is 1.33 bits per heavy atom. The third-order valence-electron chi connectivity index (χ3n) is 3.57. The highest BCUT2D eigenvalue weighted by atomic mass is 35.5. The lowest BCUT2D eigenvalue weighted by Crippen LogP contribution is -2.48. The molecule has 0 spiro atoms. The van der Waals surface area contributed by atoms with Crippen LogP contribution in [0.4, 0.5) is 0 Å². The van der Waals surface area contributed by atoms with Crippen LogP contribution in [-0.4, -0.2) is 29.9 Å². The number of rotatable bonds is 0. The third kappa shape index (κ3) is 1.49. The van der Waals surface area contributed by atoms with Gasteiger partial charge in [0.25, 0.3) is 0 Å². The minimum Gasteiger partial charge on any atom is -0.306 e. The highest BCUT2D eigenvalue weighted by Gasteiger charge is 2.41. The predicted octanol–water partition coefficient (Wildman–Crippen LogP) is 2.49. The van der Waals surface area contributed by atoms with Gasteiger partial charge in [0.15, 0.2) is 0 Å². The Balaban J connectivity index is 2.06. The summed E-state index contributed by atoms with van der Waals surface area (Å²) in [5.74, 6) is 0.770. The number of likely N-dealkylation sites (tertiary alicyclic amines) is 1. The van der Waals surface area contributed by atoms with Crippen molar-refractivity contribution < 1.29 is 0 Å². The number of halogens is 1. The lowest BCUT2D eigenvalue weighted by Gasteiger charge is -2.46. The van der Waals surface area contributed by atoms with Crippen molar-refractivity contribution in [2.45, 2.75) is 37.0 Å². The number of hydrogen-bond acceptors (Lipinski definition) is 1. The molecule has 0 bridgehead atoms. The molecule has 12 heavy (non-hydrogen) atoms. The summed E-state index contributed by atoms with van der Waals surface area (Å²) in [6.45, 7) is 2.42. The van der Waals surface area contributed by atoms with Crippen LogP contribution in [0.5, 0.6) is 0 Å². The van der Waals surface area contributed by atoms with Gasteiger partial charge in [-0.15, -0.1) is 11.6 Å². The molecule has 2 atom stereocenters. The van der Waals surface area contributed by atoms with Crippen molar-refractivity contribution in [2.75, 3.05) is 20.1 Å². The zero-order valence-corrected chi connectivity index (χ0v) is 8.61. The third-order valence-corrected chi connectivity index (χ3v) is 4.25. The van der Waals surface area contributed by atoms with Gasteiger partial charge in [0.1, 0.15) is 0 Å². The summed E-state index contributed by atoms with van der Waals surface area (Å²) in [6.07, 6.45) is 6.56. The molecule has 2 fully saturated rings. The molecule has 1 nitrogen and oxygen atoms in total. The van der Waals surface area contributed by atoms with Gasteiger partial charge in [-0.25, -0.2) is 0 Å². The first-order valence-electron chi connectivity index (χ1n) is 5.08. The van der Waals surface area contributed by atoms with Crippen molar-refractivity contribution in [1.82, 2.24) is 4.90 Å². The zero-order chi connectivity index (χ0) is 8.60. The number of nitrogens with zero attached hydrogens (tertiary/aromatic N) is 1. The second-order valence-electron chi connectivity index (χ2n) is 4.49. The summed E-state index contributed by atoms with van der Waals surface area (Å²) >= 11 is 6.62. The number of fused-ring (bicyclic) bond motifs is 1. The standard InChI is InChI=1S/C10H18ClN/c1-12-7-6-10(11)5-3-2-4-9(10)8-12/h9H,2-8H2,1H3/t9?,10-/m0/s1. The quantitative estimate of drug-likeness (QED) is 0.527. The first-order chi connectivity index (χ1) is 5.71. The average molecular weight is 188 g/mol. The van der Waals surface area contributed by atoms with Crippen LogP contribution in [0.1, 0.15) is 32.1 Å². The van der Waals surface area contributed by atoms with E-state index in [9.17, 15) is 0 Å². The predicted molar refractivity (Wildman–Crippen MR) is 52.7 cm³/mol. The Morgan fingerprint density at radius 2 is 2.17 bits per heavy atom. The van der Waals surface area contributed by atoms with Crippen LogP contribution in [0.3, 0.4) is 0 Å². The maximum Gasteiger partial charge on any atom is 0.0499 e. The first kappa shape index (κ1) is 8.83. The normalized spacial score (nSPS) is 44.0. The van der Waals surface area contributed by atoms with E-state index in [0.29, 0.717) is 0 Å². The fraction of sp³-hybridized carbons (Fsp3) is 1.00. The van der Waals surface area contributed by atoms with Crippen molar-refractivity contribution in [2.24, 2.45) is 5.92 Å². The van der Waals surface area contributed by atoms with E-state index in [1.165, 1.54) is 45.2 Å².